The van der Waals surface area contributed by atoms with E-state index >= 15 is 0 Å². The highest BCUT2D eigenvalue weighted by molar-refractivity contribution is 6.54. The van der Waals surface area contributed by atoms with Crippen LogP contribution in [0.15, 0.2) is 41.4 Å². The van der Waals surface area contributed by atoms with E-state index in [1.807, 2.05) is 36.2 Å². The second-order valence-corrected chi connectivity index (χ2v) is 5.71. The molecule has 3 rings (SSSR count). The van der Waals surface area contributed by atoms with Gasteiger partial charge in [-0.3, -0.25) is 0 Å². The summed E-state index contributed by atoms with van der Waals surface area (Å²) >= 11 is 0. The highest BCUT2D eigenvalue weighted by Gasteiger charge is 2.36. The minimum Gasteiger partial charge on any atom is -0.361 e. The third kappa shape index (κ3) is 2.14. The van der Waals surface area contributed by atoms with Crippen LogP contribution in [-0.4, -0.2) is 23.4 Å². The van der Waals surface area contributed by atoms with E-state index in [1.54, 1.807) is 0 Å². The predicted octanol–water partition coefficient (Wildman–Crippen LogP) is 3.81. The number of hydrogen-bond donors (Lipinski definition) is 0. The molecule has 0 saturated carbocycles. The van der Waals surface area contributed by atoms with Gasteiger partial charge in [-0.25, -0.2) is 4.99 Å². The first-order valence-electron chi connectivity index (χ1n) is 7.25. The van der Waals surface area contributed by atoms with E-state index in [0.29, 0.717) is 11.5 Å². The molecule has 1 aliphatic rings. The van der Waals surface area contributed by atoms with Gasteiger partial charge in [0.1, 0.15) is 0 Å². The summed E-state index contributed by atoms with van der Waals surface area (Å²) in [4.78, 5) is 10.2. The van der Waals surface area contributed by atoms with Gasteiger partial charge in [-0.05, 0) is 44.0 Å². The number of likely N-dealkylation sites (N-methyl/N-ethyl adjacent to an activating group) is 1. The molecule has 0 radical (unpaired) electrons. The predicted molar refractivity (Wildman–Crippen MR) is 90.3 cm³/mol. The summed E-state index contributed by atoms with van der Waals surface area (Å²) in [5.74, 6) is 0.666. The lowest BCUT2D eigenvalue weighted by Crippen LogP contribution is -2.26. The van der Waals surface area contributed by atoms with Gasteiger partial charge >= 0.3 is 5.71 Å². The summed E-state index contributed by atoms with van der Waals surface area (Å²) in [6.07, 6.45) is 0. The summed E-state index contributed by atoms with van der Waals surface area (Å²) < 4.78 is 0. The number of amidine groups is 1. The van der Waals surface area contributed by atoms with Crippen molar-refractivity contribution in [1.82, 2.24) is 0 Å². The van der Waals surface area contributed by atoms with Crippen LogP contribution in [0, 0.1) is 20.8 Å². The van der Waals surface area contributed by atoms with Crippen LogP contribution >= 0.6 is 0 Å². The molecule has 0 aliphatic carbocycles. The highest BCUT2D eigenvalue weighted by Crippen LogP contribution is 2.31. The first kappa shape index (κ1) is 14.2. The Morgan fingerprint density at radius 1 is 1.05 bits per heavy atom. The number of aryl methyl sites for hydroxylation is 3. The Balaban J connectivity index is 2.20. The SMILES string of the molecule is Cc1cc(C)c(N=C2C(=[N+]=[N-])c3ccccc3N2C)c(C)c1. The molecule has 0 saturated heterocycles. The van der Waals surface area contributed by atoms with Gasteiger partial charge in [-0.2, -0.15) is 4.79 Å². The summed E-state index contributed by atoms with van der Waals surface area (Å²) in [6.45, 7) is 6.18. The zero-order valence-electron chi connectivity index (χ0n) is 13.3. The molecule has 110 valence electrons. The Morgan fingerprint density at radius 3 is 2.32 bits per heavy atom. The van der Waals surface area contributed by atoms with Gasteiger partial charge in [0, 0.05) is 7.05 Å². The first-order chi connectivity index (χ1) is 10.5. The molecule has 4 heteroatoms. The monoisotopic (exact) mass is 290 g/mol. The molecule has 0 unspecified atom stereocenters. The Bertz CT molecular complexity index is 819. The molecule has 0 aromatic heterocycles. The molecule has 0 spiro atoms. The molecule has 1 aliphatic heterocycles. The Morgan fingerprint density at radius 2 is 1.68 bits per heavy atom. The van der Waals surface area contributed by atoms with Crippen LogP contribution in [0.4, 0.5) is 11.4 Å². The number of para-hydroxylation sites is 1. The molecule has 22 heavy (non-hydrogen) atoms. The first-order valence-corrected chi connectivity index (χ1v) is 7.25. The van der Waals surface area contributed by atoms with E-state index in [9.17, 15) is 5.53 Å². The van der Waals surface area contributed by atoms with Crippen molar-refractivity contribution in [3.05, 3.63) is 64.2 Å². The van der Waals surface area contributed by atoms with E-state index in [2.05, 4.69) is 37.7 Å². The second kappa shape index (κ2) is 5.24. The van der Waals surface area contributed by atoms with Gasteiger partial charge in [-0.1, -0.05) is 29.8 Å². The second-order valence-electron chi connectivity index (χ2n) is 5.71. The fourth-order valence-electron chi connectivity index (χ4n) is 3.04. The van der Waals surface area contributed by atoms with Gasteiger partial charge in [0.25, 0.3) is 0 Å². The molecule has 4 nitrogen and oxygen atoms in total. The zero-order valence-corrected chi connectivity index (χ0v) is 13.3. The van der Waals surface area contributed by atoms with Crippen LogP contribution in [0.3, 0.4) is 0 Å². The van der Waals surface area contributed by atoms with E-state index in [0.717, 1.165) is 28.1 Å². The van der Waals surface area contributed by atoms with Gasteiger partial charge < -0.3 is 10.4 Å². The van der Waals surface area contributed by atoms with Crippen LogP contribution in [0.1, 0.15) is 22.3 Å². The van der Waals surface area contributed by atoms with Crippen LogP contribution in [0.5, 0.6) is 0 Å². The molecule has 2 aromatic carbocycles. The number of aliphatic imine (C=N–C) groups is 1. The van der Waals surface area contributed by atoms with E-state index < -0.39 is 0 Å². The molecule has 0 amide bonds. The van der Waals surface area contributed by atoms with Gasteiger partial charge in [0.2, 0.25) is 5.84 Å². The minimum atomic E-state index is 0.512. The van der Waals surface area contributed by atoms with Crippen molar-refractivity contribution in [2.24, 2.45) is 4.99 Å². The lowest BCUT2D eigenvalue weighted by molar-refractivity contribution is -0.000207. The maximum absolute atomic E-state index is 9.44. The number of rotatable bonds is 1. The van der Waals surface area contributed by atoms with E-state index in [-0.39, 0.29) is 0 Å². The lowest BCUT2D eigenvalue weighted by atomic mass is 10.1. The van der Waals surface area contributed by atoms with Crippen molar-refractivity contribution in [3.8, 4) is 0 Å². The number of nitrogens with zero attached hydrogens (tertiary/aromatic N) is 4. The number of benzene rings is 2. The number of fused-ring (bicyclic) bond motifs is 1. The Kier molecular flexibility index (Phi) is 3.39. The molecule has 0 atom stereocenters. The van der Waals surface area contributed by atoms with Gasteiger partial charge in [-0.15, -0.1) is 0 Å². The molecule has 2 aromatic rings. The fourth-order valence-corrected chi connectivity index (χ4v) is 3.04. The van der Waals surface area contributed by atoms with Crippen LogP contribution in [0.25, 0.3) is 5.53 Å². The summed E-state index contributed by atoms with van der Waals surface area (Å²) in [5, 5.41) is 0. The molecule has 0 N–H and O–H groups in total. The molecular weight excluding hydrogens is 272 g/mol. The normalized spacial score (nSPS) is 15.2. The molecule has 0 fully saturated rings. The average molecular weight is 290 g/mol. The van der Waals surface area contributed by atoms with Gasteiger partial charge in [0.05, 0.1) is 16.9 Å². The minimum absolute atomic E-state index is 0.512. The van der Waals surface area contributed by atoms with Crippen LogP contribution in [-0.2, 0) is 0 Å². The average Bonchev–Trinajstić information content (AvgIpc) is 2.75. The van der Waals surface area contributed by atoms with Crippen molar-refractivity contribution >= 4 is 22.9 Å². The third-order valence-corrected chi connectivity index (χ3v) is 4.00. The Hall–Kier alpha value is -2.71. The zero-order chi connectivity index (χ0) is 15.9. The molecule has 1 heterocycles. The van der Waals surface area contributed by atoms with Crippen molar-refractivity contribution in [2.45, 2.75) is 20.8 Å². The molecule has 0 bridgehead atoms. The summed E-state index contributed by atoms with van der Waals surface area (Å²) in [5.41, 5.74) is 16.2. The van der Waals surface area contributed by atoms with Crippen molar-refractivity contribution < 1.29 is 4.79 Å². The van der Waals surface area contributed by atoms with Crippen molar-refractivity contribution in [2.75, 3.05) is 11.9 Å². The number of anilines is 1. The van der Waals surface area contributed by atoms with Crippen molar-refractivity contribution in [3.63, 3.8) is 0 Å². The number of hydrogen-bond acceptors (Lipinski definition) is 1. The maximum Gasteiger partial charge on any atom is 0.366 e. The fraction of sp³-hybridized carbons (Fsp3) is 0.222. The van der Waals surface area contributed by atoms with Gasteiger partial charge in [0.15, 0.2) is 0 Å². The summed E-state index contributed by atoms with van der Waals surface area (Å²) in [7, 11) is 1.94. The highest BCUT2D eigenvalue weighted by atomic mass is 15.2. The maximum atomic E-state index is 9.44. The van der Waals surface area contributed by atoms with E-state index in [4.69, 9.17) is 4.99 Å². The van der Waals surface area contributed by atoms with E-state index in [1.165, 1.54) is 5.56 Å². The third-order valence-electron chi connectivity index (χ3n) is 4.00. The quantitative estimate of drug-likeness (QED) is 0.582. The smallest absolute Gasteiger partial charge is 0.361 e. The molecular formula is C18H18N4. The van der Waals surface area contributed by atoms with Crippen LogP contribution < -0.4 is 4.90 Å². The summed E-state index contributed by atoms with van der Waals surface area (Å²) in [6, 6.07) is 12.1. The standard InChI is InChI=1S/C18H18N4/c1-11-9-12(2)16(13(3)10-11)20-18-17(21-19)14-7-5-6-8-15(14)22(18)4/h5-10H,1-4H3. The van der Waals surface area contributed by atoms with Crippen LogP contribution in [0.2, 0.25) is 0 Å². The lowest BCUT2D eigenvalue weighted by Gasteiger charge is -2.12. The topological polar surface area (TPSA) is 52.0 Å². The van der Waals surface area contributed by atoms with Crippen molar-refractivity contribution in [1.29, 1.82) is 0 Å². The Labute approximate surface area is 130 Å². The largest absolute Gasteiger partial charge is 0.366 e.